The summed E-state index contributed by atoms with van der Waals surface area (Å²) in [6.45, 7) is 6.59. The minimum Gasteiger partial charge on any atom is -0.356 e. The molecule has 2 aliphatic heterocycles. The third kappa shape index (κ3) is 2.68. The lowest BCUT2D eigenvalue weighted by molar-refractivity contribution is -0.137. The molecule has 0 aromatic rings. The van der Waals surface area contributed by atoms with Gasteiger partial charge in [0.2, 0.25) is 11.8 Å². The van der Waals surface area contributed by atoms with E-state index in [0.717, 1.165) is 45.3 Å². The van der Waals surface area contributed by atoms with Crippen molar-refractivity contribution in [3.05, 3.63) is 0 Å². The third-order valence-electron chi connectivity index (χ3n) is 4.48. The van der Waals surface area contributed by atoms with Crippen molar-refractivity contribution < 1.29 is 9.59 Å². The molecular weight excluding hydrogens is 228 g/mol. The number of carbonyl (C=O) groups excluding carboxylic acids is 2. The minimum absolute atomic E-state index is 0.141. The molecular formula is C14H24N2O2. The van der Waals surface area contributed by atoms with E-state index < -0.39 is 0 Å². The molecule has 0 aliphatic carbocycles. The molecule has 2 rings (SSSR count). The number of piperidine rings is 1. The van der Waals surface area contributed by atoms with Gasteiger partial charge in [-0.25, -0.2) is 0 Å². The topological polar surface area (TPSA) is 49.4 Å². The van der Waals surface area contributed by atoms with E-state index in [2.05, 4.69) is 12.2 Å². The highest BCUT2D eigenvalue weighted by Crippen LogP contribution is 2.37. The van der Waals surface area contributed by atoms with E-state index in [4.69, 9.17) is 0 Å². The molecule has 2 amide bonds. The van der Waals surface area contributed by atoms with Gasteiger partial charge in [-0.05, 0) is 24.7 Å². The Bertz CT molecular complexity index is 333. The van der Waals surface area contributed by atoms with Gasteiger partial charge in [0.1, 0.15) is 0 Å². The normalized spacial score (nSPS) is 24.1. The van der Waals surface area contributed by atoms with E-state index in [0.29, 0.717) is 12.3 Å². The van der Waals surface area contributed by atoms with E-state index in [-0.39, 0.29) is 17.2 Å². The molecule has 2 fully saturated rings. The zero-order valence-corrected chi connectivity index (χ0v) is 11.5. The molecule has 4 heteroatoms. The number of hydrogen-bond donors (Lipinski definition) is 1. The monoisotopic (exact) mass is 252 g/mol. The summed E-state index contributed by atoms with van der Waals surface area (Å²) >= 11 is 0. The smallest absolute Gasteiger partial charge is 0.225 e. The molecule has 0 aromatic carbocycles. The maximum absolute atomic E-state index is 12.2. The van der Waals surface area contributed by atoms with Crippen LogP contribution in [0.3, 0.4) is 0 Å². The molecule has 2 aliphatic rings. The first-order valence-corrected chi connectivity index (χ1v) is 7.12. The molecule has 2 heterocycles. The fourth-order valence-corrected chi connectivity index (χ4v) is 3.17. The maximum Gasteiger partial charge on any atom is 0.225 e. The molecule has 0 saturated carbocycles. The van der Waals surface area contributed by atoms with Gasteiger partial charge in [-0.2, -0.15) is 0 Å². The van der Waals surface area contributed by atoms with Gasteiger partial charge >= 0.3 is 0 Å². The summed E-state index contributed by atoms with van der Waals surface area (Å²) in [7, 11) is 0. The lowest BCUT2D eigenvalue weighted by Crippen LogP contribution is -2.45. The molecule has 1 spiro atoms. The second-order valence-electron chi connectivity index (χ2n) is 5.97. The molecule has 1 unspecified atom stereocenters. The lowest BCUT2D eigenvalue weighted by atomic mass is 9.77. The van der Waals surface area contributed by atoms with Crippen molar-refractivity contribution in [1.82, 2.24) is 10.2 Å². The Morgan fingerprint density at radius 2 is 2.11 bits per heavy atom. The summed E-state index contributed by atoms with van der Waals surface area (Å²) in [6.07, 6.45) is 4.62. The van der Waals surface area contributed by atoms with Gasteiger partial charge < -0.3 is 10.2 Å². The third-order valence-corrected chi connectivity index (χ3v) is 4.48. The Balaban J connectivity index is 1.86. The van der Waals surface area contributed by atoms with E-state index in [9.17, 15) is 9.59 Å². The van der Waals surface area contributed by atoms with Crippen molar-refractivity contribution in [2.45, 2.75) is 46.0 Å². The van der Waals surface area contributed by atoms with Crippen LogP contribution in [0.5, 0.6) is 0 Å². The fourth-order valence-electron chi connectivity index (χ4n) is 3.17. The largest absolute Gasteiger partial charge is 0.356 e. The van der Waals surface area contributed by atoms with E-state index in [1.807, 2.05) is 11.8 Å². The van der Waals surface area contributed by atoms with Crippen LogP contribution in [0.1, 0.15) is 46.0 Å². The zero-order valence-electron chi connectivity index (χ0n) is 11.5. The molecule has 2 saturated heterocycles. The number of likely N-dealkylation sites (tertiary alicyclic amines) is 1. The van der Waals surface area contributed by atoms with Gasteiger partial charge in [0.05, 0.1) is 0 Å². The van der Waals surface area contributed by atoms with Gasteiger partial charge in [0.25, 0.3) is 0 Å². The van der Waals surface area contributed by atoms with Crippen molar-refractivity contribution in [3.63, 3.8) is 0 Å². The number of rotatable bonds is 3. The average Bonchev–Trinajstić information content (AvgIpc) is 2.71. The first kappa shape index (κ1) is 13.4. The first-order chi connectivity index (χ1) is 8.56. The number of nitrogens with one attached hydrogen (secondary N) is 1. The van der Waals surface area contributed by atoms with E-state index >= 15 is 0 Å². The highest BCUT2D eigenvalue weighted by Gasteiger charge is 2.41. The summed E-state index contributed by atoms with van der Waals surface area (Å²) in [6, 6.07) is 0. The highest BCUT2D eigenvalue weighted by molar-refractivity contribution is 5.80. The zero-order chi connectivity index (χ0) is 13.2. The van der Waals surface area contributed by atoms with Crippen LogP contribution >= 0.6 is 0 Å². The van der Waals surface area contributed by atoms with Crippen LogP contribution < -0.4 is 5.32 Å². The molecule has 1 atom stereocenters. The van der Waals surface area contributed by atoms with Crippen molar-refractivity contribution >= 4 is 11.8 Å². The Hall–Kier alpha value is -1.06. The lowest BCUT2D eigenvalue weighted by Gasteiger charge is -2.39. The summed E-state index contributed by atoms with van der Waals surface area (Å²) in [5, 5.41) is 2.92. The molecule has 18 heavy (non-hydrogen) atoms. The van der Waals surface area contributed by atoms with E-state index in [1.54, 1.807) is 0 Å². The van der Waals surface area contributed by atoms with Crippen molar-refractivity contribution in [2.75, 3.05) is 19.6 Å². The maximum atomic E-state index is 12.2. The van der Waals surface area contributed by atoms with E-state index in [1.165, 1.54) is 0 Å². The summed E-state index contributed by atoms with van der Waals surface area (Å²) in [4.78, 5) is 25.5. The van der Waals surface area contributed by atoms with Gasteiger partial charge in [-0.15, -0.1) is 0 Å². The summed E-state index contributed by atoms with van der Waals surface area (Å²) in [5.41, 5.74) is 0.141. The predicted molar refractivity (Wildman–Crippen MR) is 69.9 cm³/mol. The molecule has 4 nitrogen and oxygen atoms in total. The van der Waals surface area contributed by atoms with Crippen LogP contribution in [-0.2, 0) is 9.59 Å². The first-order valence-electron chi connectivity index (χ1n) is 7.12. The molecule has 0 bridgehead atoms. The Kier molecular flexibility index (Phi) is 3.93. The van der Waals surface area contributed by atoms with Crippen LogP contribution in [0.15, 0.2) is 0 Å². The quantitative estimate of drug-likeness (QED) is 0.828. The number of carbonyl (C=O) groups is 2. The van der Waals surface area contributed by atoms with Gasteiger partial charge in [0, 0.05) is 32.0 Å². The second kappa shape index (κ2) is 5.29. The van der Waals surface area contributed by atoms with Crippen molar-refractivity contribution in [1.29, 1.82) is 0 Å². The molecule has 0 aromatic heterocycles. The standard InChI is InChI=1S/C14H24N2O2/c1-3-4-11(2)13(18)16-7-5-14(6-8-16)9-12(17)15-10-14/h11H,3-10H2,1-2H3,(H,15,17). The minimum atomic E-state index is 0.141. The number of amides is 2. The summed E-state index contributed by atoms with van der Waals surface area (Å²) in [5.74, 6) is 0.616. The summed E-state index contributed by atoms with van der Waals surface area (Å²) < 4.78 is 0. The number of nitrogens with zero attached hydrogens (tertiary/aromatic N) is 1. The van der Waals surface area contributed by atoms with Gasteiger partial charge in [-0.3, -0.25) is 9.59 Å². The van der Waals surface area contributed by atoms with Crippen LogP contribution in [0, 0.1) is 11.3 Å². The average molecular weight is 252 g/mol. The molecule has 1 N–H and O–H groups in total. The van der Waals surface area contributed by atoms with Gasteiger partial charge in [0.15, 0.2) is 0 Å². The Labute approximate surface area is 109 Å². The number of hydrogen-bond acceptors (Lipinski definition) is 2. The van der Waals surface area contributed by atoms with Gasteiger partial charge in [-0.1, -0.05) is 20.3 Å². The van der Waals surface area contributed by atoms with Crippen LogP contribution in [0.2, 0.25) is 0 Å². The van der Waals surface area contributed by atoms with Crippen LogP contribution in [0.4, 0.5) is 0 Å². The highest BCUT2D eigenvalue weighted by atomic mass is 16.2. The molecule has 0 radical (unpaired) electrons. The van der Waals surface area contributed by atoms with Crippen molar-refractivity contribution in [3.8, 4) is 0 Å². The van der Waals surface area contributed by atoms with Crippen LogP contribution in [0.25, 0.3) is 0 Å². The SMILES string of the molecule is CCCC(C)C(=O)N1CCC2(CC1)CNC(=O)C2. The predicted octanol–water partition coefficient (Wildman–Crippen LogP) is 1.55. The van der Waals surface area contributed by atoms with Crippen LogP contribution in [-0.4, -0.2) is 36.3 Å². The Morgan fingerprint density at radius 3 is 2.61 bits per heavy atom. The second-order valence-corrected chi connectivity index (χ2v) is 5.97. The Morgan fingerprint density at radius 1 is 1.44 bits per heavy atom. The molecule has 102 valence electrons. The fraction of sp³-hybridized carbons (Fsp3) is 0.857. The van der Waals surface area contributed by atoms with Crippen molar-refractivity contribution in [2.24, 2.45) is 11.3 Å².